The van der Waals surface area contributed by atoms with Gasteiger partial charge < -0.3 is 9.90 Å². The van der Waals surface area contributed by atoms with Crippen LogP contribution >= 0.6 is 47.8 Å². The molecule has 0 aromatic heterocycles. The molecule has 2 nitrogen and oxygen atoms in total. The van der Waals surface area contributed by atoms with Crippen LogP contribution in [-0.4, -0.2) is 35.4 Å². The molecule has 0 radical (unpaired) electrons. The monoisotopic (exact) mass is 498 g/mol. The summed E-state index contributed by atoms with van der Waals surface area (Å²) in [5.74, 6) is -1.26. The Labute approximate surface area is 91.9 Å². The van der Waals surface area contributed by atoms with Gasteiger partial charge in [0.05, 0.1) is 5.97 Å². The zero-order valence-corrected chi connectivity index (χ0v) is 12.8. The van der Waals surface area contributed by atoms with Crippen LogP contribution < -0.4 is 5.11 Å². The average molecular weight is 500 g/mol. The summed E-state index contributed by atoms with van der Waals surface area (Å²) in [7, 11) is 0. The standard InChI is InChI=1S/C2HBr3O2.Tl/c3-2(4,5)1(6)7;/h(H,6,7);/q;+1/p-1. The number of alkyl halides is 3. The van der Waals surface area contributed by atoms with Crippen molar-refractivity contribution in [2.75, 3.05) is 0 Å². The van der Waals surface area contributed by atoms with E-state index < -0.39 is 8.11 Å². The van der Waals surface area contributed by atoms with E-state index in [4.69, 9.17) is 0 Å². The largest absolute Gasteiger partial charge is 1.00 e. The predicted octanol–water partition coefficient (Wildman–Crippen LogP) is 0.194. The summed E-state index contributed by atoms with van der Waals surface area (Å²) in [5, 5.41) is 9.77. The Bertz CT molecular complexity index is 87.8. The van der Waals surface area contributed by atoms with Gasteiger partial charge in [0, 0.05) is 0 Å². The molecule has 44 valence electrons. The molecule has 0 fully saturated rings. The summed E-state index contributed by atoms with van der Waals surface area (Å²) in [5.41, 5.74) is 0. The van der Waals surface area contributed by atoms with Gasteiger partial charge in [-0.3, -0.25) is 0 Å². The van der Waals surface area contributed by atoms with Crippen molar-refractivity contribution in [3.05, 3.63) is 0 Å². The van der Waals surface area contributed by atoms with E-state index in [0.717, 1.165) is 0 Å². The molecule has 0 bridgehead atoms. The molecule has 0 atom stereocenters. The molecule has 0 heterocycles. The first-order valence-corrected chi connectivity index (χ1v) is 3.60. The van der Waals surface area contributed by atoms with Crippen LogP contribution in [0, 0.1) is 0 Å². The van der Waals surface area contributed by atoms with E-state index in [9.17, 15) is 9.90 Å². The summed E-state index contributed by atoms with van der Waals surface area (Å²) < 4.78 is -1.26. The normalized spacial score (nSPS) is 9.88. The van der Waals surface area contributed by atoms with Gasteiger partial charge in [0.2, 0.25) is 0 Å². The average Bonchev–Trinajstić information content (AvgIpc) is 1.31. The van der Waals surface area contributed by atoms with Gasteiger partial charge in [-0.15, -0.1) is 0 Å². The summed E-state index contributed by atoms with van der Waals surface area (Å²) in [6.07, 6.45) is 0. The first-order chi connectivity index (χ1) is 2.94. The van der Waals surface area contributed by atoms with Gasteiger partial charge in [0.15, 0.2) is 2.14 Å². The topological polar surface area (TPSA) is 40.1 Å². The second-order valence-corrected chi connectivity index (χ2v) is 7.55. The molecule has 0 saturated heterocycles. The molecule has 0 spiro atoms. The van der Waals surface area contributed by atoms with Crippen molar-refractivity contribution in [2.24, 2.45) is 0 Å². The van der Waals surface area contributed by atoms with Crippen LogP contribution in [0.2, 0.25) is 0 Å². The number of hydrogen-bond donors (Lipinski definition) is 0. The molecule has 0 saturated carbocycles. The van der Waals surface area contributed by atoms with Gasteiger partial charge in [-0.1, -0.05) is 47.8 Å². The van der Waals surface area contributed by atoms with Crippen LogP contribution in [0.3, 0.4) is 0 Å². The van der Waals surface area contributed by atoms with Crippen molar-refractivity contribution in [3.63, 3.8) is 0 Å². The van der Waals surface area contributed by atoms with E-state index >= 15 is 0 Å². The minimum atomic E-state index is -1.26. The SMILES string of the molecule is O=C([O-])C(Br)(Br)Br.[Tl+]. The van der Waals surface area contributed by atoms with Crippen LogP contribution in [0.25, 0.3) is 0 Å². The molecular formula is C2Br3O2Tl. The Morgan fingerprint density at radius 3 is 1.50 bits per heavy atom. The van der Waals surface area contributed by atoms with Crippen molar-refractivity contribution in [3.8, 4) is 0 Å². The van der Waals surface area contributed by atoms with Crippen molar-refractivity contribution in [1.29, 1.82) is 0 Å². The summed E-state index contributed by atoms with van der Waals surface area (Å²) in [6, 6.07) is 0. The Morgan fingerprint density at radius 2 is 1.50 bits per heavy atom. The molecule has 0 unspecified atom stereocenters. The van der Waals surface area contributed by atoms with Gasteiger partial charge >= 0.3 is 27.3 Å². The first-order valence-electron chi connectivity index (χ1n) is 1.23. The number of carbonyl (C=O) groups excluding carboxylic acids is 1. The first kappa shape index (κ1) is 12.5. The quantitative estimate of drug-likeness (QED) is 0.353. The zero-order chi connectivity index (χ0) is 6.08. The molecule has 0 aliphatic rings. The summed E-state index contributed by atoms with van der Waals surface area (Å²) in [6.45, 7) is 0. The maximum atomic E-state index is 9.77. The Balaban J connectivity index is 0. The van der Waals surface area contributed by atoms with Gasteiger partial charge in [0.25, 0.3) is 0 Å². The van der Waals surface area contributed by atoms with Crippen molar-refractivity contribution >= 4 is 81.1 Å². The van der Waals surface area contributed by atoms with Gasteiger partial charge in [-0.2, -0.15) is 0 Å². The maximum Gasteiger partial charge on any atom is 1.00 e. The molecule has 0 amide bonds. The van der Waals surface area contributed by atoms with Gasteiger partial charge in [0.1, 0.15) is 0 Å². The number of halogens is 3. The van der Waals surface area contributed by atoms with Crippen molar-refractivity contribution in [2.45, 2.75) is 2.14 Å². The Hall–Kier alpha value is 1.83. The number of carboxylic acids is 1. The van der Waals surface area contributed by atoms with E-state index in [1.807, 2.05) is 0 Å². The van der Waals surface area contributed by atoms with E-state index in [1.54, 1.807) is 0 Å². The Kier molecular flexibility index (Phi) is 7.22. The fraction of sp³-hybridized carbons (Fsp3) is 0.500. The van der Waals surface area contributed by atoms with Gasteiger partial charge in [-0.25, -0.2) is 0 Å². The number of rotatable bonds is 0. The molecule has 8 heavy (non-hydrogen) atoms. The molecule has 0 N–H and O–H groups in total. The molecule has 0 aliphatic carbocycles. The number of carboxylic acid groups (broad SMARTS) is 1. The van der Waals surface area contributed by atoms with Crippen molar-refractivity contribution in [1.82, 2.24) is 0 Å². The summed E-state index contributed by atoms with van der Waals surface area (Å²) >= 11 is 8.14. The number of aliphatic carboxylic acids is 1. The van der Waals surface area contributed by atoms with E-state index in [1.165, 1.54) is 0 Å². The fourth-order valence-electron chi connectivity index (χ4n) is 0. The van der Waals surface area contributed by atoms with Crippen LogP contribution in [0.15, 0.2) is 0 Å². The van der Waals surface area contributed by atoms with Crippen LogP contribution in [0.5, 0.6) is 0 Å². The third-order valence-corrected chi connectivity index (χ3v) is 1.20. The molecule has 0 aromatic carbocycles. The minimum absolute atomic E-state index is 0. The van der Waals surface area contributed by atoms with E-state index in [2.05, 4.69) is 47.8 Å². The summed E-state index contributed by atoms with van der Waals surface area (Å²) in [4.78, 5) is 9.77. The molecule has 0 aromatic rings. The predicted molar refractivity (Wildman–Crippen MR) is 40.3 cm³/mol. The smallest absolute Gasteiger partial charge is 0.547 e. The van der Waals surface area contributed by atoms with Crippen LogP contribution in [-0.2, 0) is 4.79 Å². The van der Waals surface area contributed by atoms with Crippen LogP contribution in [0.4, 0.5) is 0 Å². The van der Waals surface area contributed by atoms with Gasteiger partial charge in [-0.05, 0) is 0 Å². The second-order valence-electron chi connectivity index (χ2n) is 0.785. The minimum Gasteiger partial charge on any atom is -0.547 e. The molecular weight excluding hydrogens is 500 g/mol. The van der Waals surface area contributed by atoms with Crippen molar-refractivity contribution < 1.29 is 9.90 Å². The third-order valence-electron chi connectivity index (χ3n) is 0.231. The Morgan fingerprint density at radius 1 is 1.38 bits per heavy atom. The molecule has 6 heteroatoms. The van der Waals surface area contributed by atoms with E-state index in [-0.39, 0.29) is 27.3 Å². The zero-order valence-electron chi connectivity index (χ0n) is 3.53. The molecule has 0 rings (SSSR count). The molecule has 0 aliphatic heterocycles. The number of hydrogen-bond acceptors (Lipinski definition) is 2. The van der Waals surface area contributed by atoms with E-state index in [0.29, 0.717) is 0 Å². The maximum absolute atomic E-state index is 9.77. The second kappa shape index (κ2) is 4.62. The fourth-order valence-corrected chi connectivity index (χ4v) is 0. The third kappa shape index (κ3) is 5.96. The van der Waals surface area contributed by atoms with Crippen LogP contribution in [0.1, 0.15) is 0 Å². The number of carbonyl (C=O) groups is 1.